The average molecular weight is 448 g/mol. The van der Waals surface area contributed by atoms with Crippen LogP contribution in [0.4, 0.5) is 0 Å². The van der Waals surface area contributed by atoms with Crippen LogP contribution in [0.25, 0.3) is 0 Å². The molecule has 1 rings (SSSR count). The first-order valence-corrected chi connectivity index (χ1v) is 10.7. The van der Waals surface area contributed by atoms with Crippen molar-refractivity contribution in [3.05, 3.63) is 33.4 Å². The third-order valence-corrected chi connectivity index (χ3v) is 5.24. The number of carboxylic acid groups (broad SMARTS) is 1. The van der Waals surface area contributed by atoms with Crippen LogP contribution in [0.15, 0.2) is 24.3 Å². The van der Waals surface area contributed by atoms with E-state index < -0.39 is 5.97 Å². The molecule has 0 aliphatic rings. The van der Waals surface area contributed by atoms with Gasteiger partial charge >= 0.3 is 5.97 Å². The summed E-state index contributed by atoms with van der Waals surface area (Å²) in [6, 6.07) is 8.90. The summed E-state index contributed by atoms with van der Waals surface area (Å²) in [6.45, 7) is 0. The zero-order valence-corrected chi connectivity index (χ0v) is 17.1. The van der Waals surface area contributed by atoms with Gasteiger partial charge in [0, 0.05) is 9.99 Å². The zero-order chi connectivity index (χ0) is 17.5. The van der Waals surface area contributed by atoms with Gasteiger partial charge in [0.25, 0.3) is 0 Å². The number of unbranched alkanes of at least 4 members (excludes halogenated alkanes) is 11. The number of carboxylic acids is 1. The van der Waals surface area contributed by atoms with E-state index in [1.54, 1.807) is 0 Å². The summed E-state index contributed by atoms with van der Waals surface area (Å²) in [5, 5.41) is 8.56. The molecular formula is C21H33IO2. The van der Waals surface area contributed by atoms with Gasteiger partial charge in [-0.15, -0.1) is 0 Å². The van der Waals surface area contributed by atoms with E-state index in [-0.39, 0.29) is 0 Å². The predicted molar refractivity (Wildman–Crippen MR) is 111 cm³/mol. The van der Waals surface area contributed by atoms with Crippen LogP contribution in [-0.4, -0.2) is 11.1 Å². The van der Waals surface area contributed by atoms with Crippen molar-refractivity contribution in [1.29, 1.82) is 0 Å². The Morgan fingerprint density at radius 2 is 1.12 bits per heavy atom. The minimum atomic E-state index is -0.659. The molecule has 0 fully saturated rings. The Morgan fingerprint density at radius 3 is 1.58 bits per heavy atom. The second-order valence-electron chi connectivity index (χ2n) is 6.76. The Balaban J connectivity index is 1.77. The fourth-order valence-electron chi connectivity index (χ4n) is 3.02. The zero-order valence-electron chi connectivity index (χ0n) is 14.9. The lowest BCUT2D eigenvalue weighted by Crippen LogP contribution is -1.93. The predicted octanol–water partition coefficient (Wildman–Crippen LogP) is 6.99. The van der Waals surface area contributed by atoms with E-state index in [0.717, 1.165) is 12.8 Å². The quantitative estimate of drug-likeness (QED) is 0.232. The molecule has 0 spiro atoms. The second kappa shape index (κ2) is 14.7. The smallest absolute Gasteiger partial charge is 0.303 e. The number of hydrogen-bond acceptors (Lipinski definition) is 1. The van der Waals surface area contributed by atoms with E-state index in [2.05, 4.69) is 46.9 Å². The lowest BCUT2D eigenvalue weighted by atomic mass is 10.0. The second-order valence-corrected chi connectivity index (χ2v) is 8.01. The molecule has 2 nitrogen and oxygen atoms in total. The number of rotatable bonds is 15. The van der Waals surface area contributed by atoms with Crippen LogP contribution < -0.4 is 0 Å². The molecule has 1 N–H and O–H groups in total. The van der Waals surface area contributed by atoms with Crippen LogP contribution in [0.2, 0.25) is 0 Å². The molecule has 0 radical (unpaired) electrons. The Hall–Kier alpha value is -0.580. The van der Waals surface area contributed by atoms with Gasteiger partial charge < -0.3 is 5.11 Å². The monoisotopic (exact) mass is 448 g/mol. The molecule has 0 bridgehead atoms. The molecule has 0 aliphatic heterocycles. The van der Waals surface area contributed by atoms with E-state index >= 15 is 0 Å². The Morgan fingerprint density at radius 1 is 0.708 bits per heavy atom. The fraction of sp³-hybridized carbons (Fsp3) is 0.667. The highest BCUT2D eigenvalue weighted by atomic mass is 131. The van der Waals surface area contributed by atoms with Crippen LogP contribution >= 0.6 is 22.6 Å². The normalized spacial score (nSPS) is 10.9. The standard InChI is InChI=1S/C21H33IO2/c22-20-17-15-19(16-18-20)13-11-9-7-5-3-1-2-4-6-8-10-12-14-21(23)24/h15-18H,1-14H2,(H,23,24)/i22+4. The number of benzene rings is 1. The highest BCUT2D eigenvalue weighted by molar-refractivity contribution is 14.1. The van der Waals surface area contributed by atoms with Crippen LogP contribution in [0, 0.1) is 3.57 Å². The first kappa shape index (κ1) is 21.5. The minimum absolute atomic E-state index is 0.337. The Kier molecular flexibility index (Phi) is 13.2. The molecule has 1 aromatic rings. The molecule has 0 aliphatic carbocycles. The van der Waals surface area contributed by atoms with Gasteiger partial charge in [-0.25, -0.2) is 0 Å². The van der Waals surface area contributed by atoms with E-state index in [0.29, 0.717) is 6.42 Å². The average Bonchev–Trinajstić information content (AvgIpc) is 2.56. The summed E-state index contributed by atoms with van der Waals surface area (Å²) in [4.78, 5) is 10.4. The lowest BCUT2D eigenvalue weighted by Gasteiger charge is -2.04. The van der Waals surface area contributed by atoms with E-state index in [9.17, 15) is 4.79 Å². The van der Waals surface area contributed by atoms with Gasteiger partial charge in [-0.2, -0.15) is 0 Å². The number of aliphatic carboxylic acids is 1. The van der Waals surface area contributed by atoms with Crippen molar-refractivity contribution in [2.75, 3.05) is 0 Å². The summed E-state index contributed by atoms with van der Waals surface area (Å²) in [6.07, 6.45) is 16.8. The van der Waals surface area contributed by atoms with Crippen LogP contribution in [-0.2, 0) is 11.2 Å². The molecule has 0 atom stereocenters. The van der Waals surface area contributed by atoms with E-state index in [1.807, 2.05) is 0 Å². The summed E-state index contributed by atoms with van der Waals surface area (Å²) < 4.78 is 1.32. The fourth-order valence-corrected chi connectivity index (χ4v) is 3.38. The van der Waals surface area contributed by atoms with Gasteiger partial charge in [0.1, 0.15) is 0 Å². The Labute approximate surface area is 161 Å². The largest absolute Gasteiger partial charge is 0.481 e. The van der Waals surface area contributed by atoms with Crippen molar-refractivity contribution in [2.45, 2.75) is 89.9 Å². The Bertz CT molecular complexity index is 428. The number of aryl methyl sites for hydroxylation is 1. The summed E-state index contributed by atoms with van der Waals surface area (Å²) in [5.41, 5.74) is 1.47. The van der Waals surface area contributed by atoms with Crippen LogP contribution in [0.1, 0.15) is 89.0 Å². The number of hydrogen-bond donors (Lipinski definition) is 1. The van der Waals surface area contributed by atoms with Crippen LogP contribution in [0.3, 0.4) is 0 Å². The van der Waals surface area contributed by atoms with Crippen molar-refractivity contribution >= 4 is 28.6 Å². The van der Waals surface area contributed by atoms with Gasteiger partial charge in [0.2, 0.25) is 0 Å². The topological polar surface area (TPSA) is 37.3 Å². The highest BCUT2D eigenvalue weighted by Crippen LogP contribution is 2.14. The van der Waals surface area contributed by atoms with Crippen molar-refractivity contribution in [2.24, 2.45) is 0 Å². The molecule has 24 heavy (non-hydrogen) atoms. The molecule has 0 saturated carbocycles. The van der Waals surface area contributed by atoms with Gasteiger partial charge in [-0.1, -0.05) is 76.3 Å². The summed E-state index contributed by atoms with van der Waals surface area (Å²) >= 11 is 2.36. The molecule has 0 saturated heterocycles. The van der Waals surface area contributed by atoms with Gasteiger partial charge in [-0.05, 0) is 59.5 Å². The van der Waals surface area contributed by atoms with Crippen molar-refractivity contribution < 1.29 is 9.90 Å². The van der Waals surface area contributed by atoms with E-state index in [1.165, 1.54) is 79.8 Å². The molecule has 136 valence electrons. The first-order chi connectivity index (χ1) is 11.7. The maximum atomic E-state index is 10.4. The van der Waals surface area contributed by atoms with Gasteiger partial charge in [-0.3, -0.25) is 4.79 Å². The van der Waals surface area contributed by atoms with Crippen molar-refractivity contribution in [3.63, 3.8) is 0 Å². The maximum Gasteiger partial charge on any atom is 0.303 e. The molecule has 1 aromatic carbocycles. The summed E-state index contributed by atoms with van der Waals surface area (Å²) in [7, 11) is 0. The molecule has 3 heteroatoms. The molecule has 0 heterocycles. The van der Waals surface area contributed by atoms with Crippen molar-refractivity contribution in [3.8, 4) is 0 Å². The van der Waals surface area contributed by atoms with Gasteiger partial charge in [0.15, 0.2) is 0 Å². The third kappa shape index (κ3) is 12.8. The van der Waals surface area contributed by atoms with Crippen LogP contribution in [0.5, 0.6) is 0 Å². The number of carbonyl (C=O) groups is 1. The molecule has 0 amide bonds. The SMILES string of the molecule is O=C(O)CCCCCCCCCCCCCCc1ccc([131I])cc1. The first-order valence-electron chi connectivity index (χ1n) is 9.65. The minimum Gasteiger partial charge on any atom is -0.481 e. The lowest BCUT2D eigenvalue weighted by molar-refractivity contribution is -0.137. The summed E-state index contributed by atoms with van der Waals surface area (Å²) in [5.74, 6) is -0.659. The van der Waals surface area contributed by atoms with E-state index in [4.69, 9.17) is 5.11 Å². The molecular weight excluding hydrogens is 415 g/mol. The highest BCUT2D eigenvalue weighted by Gasteiger charge is 1.97. The molecule has 0 unspecified atom stereocenters. The maximum absolute atomic E-state index is 10.4. The van der Waals surface area contributed by atoms with Gasteiger partial charge in [0.05, 0.1) is 0 Å². The third-order valence-electron chi connectivity index (χ3n) is 4.52. The molecule has 0 aromatic heterocycles. The van der Waals surface area contributed by atoms with Crippen molar-refractivity contribution in [1.82, 2.24) is 0 Å². The number of halogens is 1.